The van der Waals surface area contributed by atoms with Gasteiger partial charge in [0.1, 0.15) is 6.04 Å². The van der Waals surface area contributed by atoms with Crippen LogP contribution in [0.5, 0.6) is 0 Å². The van der Waals surface area contributed by atoms with Gasteiger partial charge < -0.3 is 10.2 Å². The van der Waals surface area contributed by atoms with Crippen LogP contribution in [0.4, 0.5) is 0 Å². The maximum Gasteiger partial charge on any atom is 0.243 e. The molecule has 0 bridgehead atoms. The highest BCUT2D eigenvalue weighted by Crippen LogP contribution is 2.27. The van der Waals surface area contributed by atoms with Gasteiger partial charge in [-0.25, -0.2) is 0 Å². The molecule has 0 aliphatic heterocycles. The number of hydrogen-bond acceptors (Lipinski definition) is 2. The molecule has 37 heavy (non-hydrogen) atoms. The molecular formula is C31H36Cl2N2O2. The molecule has 3 rings (SSSR count). The van der Waals surface area contributed by atoms with Crippen molar-refractivity contribution in [2.24, 2.45) is 0 Å². The fourth-order valence-corrected chi connectivity index (χ4v) is 4.70. The van der Waals surface area contributed by atoms with Crippen LogP contribution in [-0.4, -0.2) is 28.8 Å². The van der Waals surface area contributed by atoms with Crippen molar-refractivity contribution < 1.29 is 9.59 Å². The standard InChI is InChI=1S/C31H36Cl2N2O2/c1-4-22(3)34-31(37)29(20-25-10-7-6-8-11-25)35(21-26-27(32)12-9-13-28(26)33)30(36)19-18-24-16-14-23(5-2)15-17-24/h6-17,22,29H,4-5,18-21H2,1-3H3,(H,34,37)/t22-,29+/m1/s1. The lowest BCUT2D eigenvalue weighted by Gasteiger charge is -2.33. The molecule has 0 aliphatic rings. The number of nitrogens with one attached hydrogen (secondary N) is 1. The zero-order chi connectivity index (χ0) is 26.8. The highest BCUT2D eigenvalue weighted by atomic mass is 35.5. The Morgan fingerprint density at radius 3 is 2.05 bits per heavy atom. The third kappa shape index (κ3) is 8.34. The van der Waals surface area contributed by atoms with Crippen LogP contribution in [0.2, 0.25) is 10.0 Å². The van der Waals surface area contributed by atoms with E-state index in [9.17, 15) is 9.59 Å². The van der Waals surface area contributed by atoms with Gasteiger partial charge in [-0.05, 0) is 55.0 Å². The zero-order valence-electron chi connectivity index (χ0n) is 21.8. The molecule has 0 heterocycles. The number of hydrogen-bond donors (Lipinski definition) is 1. The van der Waals surface area contributed by atoms with Gasteiger partial charge in [0.25, 0.3) is 0 Å². The molecule has 2 amide bonds. The molecule has 196 valence electrons. The van der Waals surface area contributed by atoms with Crippen molar-refractivity contribution in [2.75, 3.05) is 0 Å². The second-order valence-electron chi connectivity index (χ2n) is 9.42. The van der Waals surface area contributed by atoms with Crippen molar-refractivity contribution >= 4 is 35.0 Å². The molecule has 0 aliphatic carbocycles. The molecule has 0 unspecified atom stereocenters. The van der Waals surface area contributed by atoms with Gasteiger partial charge >= 0.3 is 0 Å². The molecule has 0 radical (unpaired) electrons. The van der Waals surface area contributed by atoms with Crippen molar-refractivity contribution in [2.45, 2.75) is 71.5 Å². The van der Waals surface area contributed by atoms with Gasteiger partial charge in [0, 0.05) is 41.0 Å². The largest absolute Gasteiger partial charge is 0.352 e. The Morgan fingerprint density at radius 1 is 0.838 bits per heavy atom. The van der Waals surface area contributed by atoms with E-state index >= 15 is 0 Å². The molecule has 6 heteroatoms. The summed E-state index contributed by atoms with van der Waals surface area (Å²) in [6.07, 6.45) is 3.01. The average molecular weight is 540 g/mol. The summed E-state index contributed by atoms with van der Waals surface area (Å²) in [5, 5.41) is 4.03. The van der Waals surface area contributed by atoms with Gasteiger partial charge in [-0.2, -0.15) is 0 Å². The fraction of sp³-hybridized carbons (Fsp3) is 0.355. The molecule has 0 saturated carbocycles. The van der Waals surface area contributed by atoms with Crippen LogP contribution >= 0.6 is 23.2 Å². The summed E-state index contributed by atoms with van der Waals surface area (Å²) in [5.41, 5.74) is 3.96. The van der Waals surface area contributed by atoms with Crippen LogP contribution < -0.4 is 5.32 Å². The molecule has 3 aromatic carbocycles. The summed E-state index contributed by atoms with van der Waals surface area (Å²) in [5.74, 6) is -0.294. The molecule has 4 nitrogen and oxygen atoms in total. The first-order chi connectivity index (χ1) is 17.8. The predicted molar refractivity (Wildman–Crippen MR) is 153 cm³/mol. The normalized spacial score (nSPS) is 12.6. The highest BCUT2D eigenvalue weighted by molar-refractivity contribution is 6.36. The van der Waals surface area contributed by atoms with E-state index in [2.05, 4.69) is 36.5 Å². The molecule has 2 atom stereocenters. The number of nitrogens with zero attached hydrogens (tertiary/aromatic N) is 1. The SMILES string of the molecule is CCc1ccc(CCC(=O)N(Cc2c(Cl)cccc2Cl)[C@@H](Cc2ccccc2)C(=O)N[C@H](C)CC)cc1. The number of rotatable bonds is 12. The summed E-state index contributed by atoms with van der Waals surface area (Å²) in [4.78, 5) is 29.1. The topological polar surface area (TPSA) is 49.4 Å². The van der Waals surface area contributed by atoms with Crippen molar-refractivity contribution in [3.05, 3.63) is 105 Å². The van der Waals surface area contributed by atoms with Crippen LogP contribution in [0.15, 0.2) is 72.8 Å². The first-order valence-electron chi connectivity index (χ1n) is 13.0. The molecule has 0 saturated heterocycles. The van der Waals surface area contributed by atoms with Crippen molar-refractivity contribution in [1.29, 1.82) is 0 Å². The van der Waals surface area contributed by atoms with E-state index in [1.54, 1.807) is 23.1 Å². The minimum Gasteiger partial charge on any atom is -0.352 e. The zero-order valence-corrected chi connectivity index (χ0v) is 23.4. The Balaban J connectivity index is 1.94. The van der Waals surface area contributed by atoms with Gasteiger partial charge in [-0.15, -0.1) is 0 Å². The molecule has 0 spiro atoms. The highest BCUT2D eigenvalue weighted by Gasteiger charge is 2.31. The summed E-state index contributed by atoms with van der Waals surface area (Å²) >= 11 is 13.0. The Labute approximate surface area is 231 Å². The maximum atomic E-state index is 13.8. The van der Waals surface area contributed by atoms with Gasteiger partial charge in [-0.1, -0.05) is 97.7 Å². The van der Waals surface area contributed by atoms with E-state index in [1.165, 1.54) is 5.56 Å². The maximum absolute atomic E-state index is 13.8. The van der Waals surface area contributed by atoms with Crippen LogP contribution in [0.3, 0.4) is 0 Å². The van der Waals surface area contributed by atoms with Crippen LogP contribution in [0.1, 0.15) is 55.9 Å². The van der Waals surface area contributed by atoms with E-state index in [1.807, 2.05) is 44.2 Å². The molecule has 0 aromatic heterocycles. The van der Waals surface area contributed by atoms with Gasteiger partial charge in [0.05, 0.1) is 0 Å². The third-order valence-corrected chi connectivity index (χ3v) is 7.43. The van der Waals surface area contributed by atoms with Crippen molar-refractivity contribution in [3.8, 4) is 0 Å². The first-order valence-corrected chi connectivity index (χ1v) is 13.7. The minimum atomic E-state index is -0.710. The van der Waals surface area contributed by atoms with Gasteiger partial charge in [0.2, 0.25) is 11.8 Å². The summed E-state index contributed by atoms with van der Waals surface area (Å²) in [6, 6.07) is 22.7. The molecule has 3 aromatic rings. The Hall–Kier alpha value is -2.82. The smallest absolute Gasteiger partial charge is 0.243 e. The lowest BCUT2D eigenvalue weighted by molar-refractivity contribution is -0.141. The molecular weight excluding hydrogens is 503 g/mol. The van der Waals surface area contributed by atoms with Gasteiger partial charge in [0.15, 0.2) is 0 Å². The summed E-state index contributed by atoms with van der Waals surface area (Å²) < 4.78 is 0. The monoisotopic (exact) mass is 538 g/mol. The number of carbonyl (C=O) groups is 2. The summed E-state index contributed by atoms with van der Waals surface area (Å²) in [6.45, 7) is 6.26. The first kappa shape index (κ1) is 28.7. The van der Waals surface area contributed by atoms with E-state index in [0.717, 1.165) is 24.0 Å². The van der Waals surface area contributed by atoms with E-state index < -0.39 is 6.04 Å². The second kappa shape index (κ2) is 14.2. The van der Waals surface area contributed by atoms with E-state index in [4.69, 9.17) is 23.2 Å². The lowest BCUT2D eigenvalue weighted by atomic mass is 10.0. The number of benzene rings is 3. The Bertz CT molecular complexity index is 1150. The van der Waals surface area contributed by atoms with Crippen molar-refractivity contribution in [1.82, 2.24) is 10.2 Å². The van der Waals surface area contributed by atoms with E-state index in [0.29, 0.717) is 28.5 Å². The van der Waals surface area contributed by atoms with Crippen LogP contribution in [0.25, 0.3) is 0 Å². The lowest BCUT2D eigenvalue weighted by Crippen LogP contribution is -2.52. The van der Waals surface area contributed by atoms with Crippen LogP contribution in [0, 0.1) is 0 Å². The van der Waals surface area contributed by atoms with Crippen LogP contribution in [-0.2, 0) is 35.4 Å². The van der Waals surface area contributed by atoms with E-state index in [-0.39, 0.29) is 30.8 Å². The average Bonchev–Trinajstić information content (AvgIpc) is 2.91. The second-order valence-corrected chi connectivity index (χ2v) is 10.2. The number of amides is 2. The fourth-order valence-electron chi connectivity index (χ4n) is 4.19. The Morgan fingerprint density at radius 2 is 1.46 bits per heavy atom. The Kier molecular flexibility index (Phi) is 11.0. The number of halogens is 2. The van der Waals surface area contributed by atoms with Crippen molar-refractivity contribution in [3.63, 3.8) is 0 Å². The van der Waals surface area contributed by atoms with Gasteiger partial charge in [-0.3, -0.25) is 9.59 Å². The quantitative estimate of drug-likeness (QED) is 0.268. The number of carbonyl (C=O) groups excluding carboxylic acids is 2. The molecule has 1 N–H and O–H groups in total. The minimum absolute atomic E-state index is 0.0105. The third-order valence-electron chi connectivity index (χ3n) is 6.72. The predicted octanol–water partition coefficient (Wildman–Crippen LogP) is 7.04. The number of aryl methyl sites for hydroxylation is 2. The molecule has 0 fully saturated rings. The summed E-state index contributed by atoms with van der Waals surface area (Å²) in [7, 11) is 0.